The van der Waals surface area contributed by atoms with E-state index in [1.54, 1.807) is 41.5 Å². The number of H-pyrrole nitrogens is 3. The standard InChI is InChI=1S/3C10H13NO4/c3*1-4-15-10(13)8-9(14-3)6(2)7(5-12)11-8/h3*5,11H,4H2,1-3H3. The van der Waals surface area contributed by atoms with E-state index in [1.165, 1.54) is 21.3 Å². The molecule has 3 aromatic rings. The Hall–Kier alpha value is -5.34. The van der Waals surface area contributed by atoms with Crippen LogP contribution in [0.2, 0.25) is 0 Å². The van der Waals surface area contributed by atoms with Crippen LogP contribution in [0.1, 0.15) is 100 Å². The first kappa shape index (κ1) is 37.7. The van der Waals surface area contributed by atoms with E-state index in [2.05, 4.69) is 15.0 Å². The van der Waals surface area contributed by atoms with Crippen LogP contribution in [-0.2, 0) is 14.2 Å². The Morgan fingerprint density at radius 1 is 0.511 bits per heavy atom. The molecule has 0 saturated heterocycles. The van der Waals surface area contributed by atoms with Crippen molar-refractivity contribution in [3.8, 4) is 17.2 Å². The number of esters is 3. The zero-order valence-electron chi connectivity index (χ0n) is 26.8. The van der Waals surface area contributed by atoms with Gasteiger partial charge >= 0.3 is 17.9 Å². The van der Waals surface area contributed by atoms with E-state index in [4.69, 9.17) is 28.4 Å². The summed E-state index contributed by atoms with van der Waals surface area (Å²) in [5.41, 5.74) is 3.35. The predicted octanol–water partition coefficient (Wildman–Crippen LogP) is 3.96. The van der Waals surface area contributed by atoms with Crippen LogP contribution in [0.15, 0.2) is 0 Å². The Labute approximate surface area is 259 Å². The maximum absolute atomic E-state index is 11.5. The molecule has 0 saturated carbocycles. The number of ether oxygens (including phenoxy) is 6. The zero-order valence-corrected chi connectivity index (χ0v) is 26.8. The van der Waals surface area contributed by atoms with Gasteiger partial charge in [-0.05, 0) is 41.5 Å². The van der Waals surface area contributed by atoms with E-state index in [9.17, 15) is 28.8 Å². The molecule has 0 radical (unpaired) electrons. The van der Waals surface area contributed by atoms with Crippen LogP contribution in [0.25, 0.3) is 0 Å². The van der Waals surface area contributed by atoms with E-state index in [0.717, 1.165) is 0 Å². The topological polar surface area (TPSA) is 205 Å². The molecule has 45 heavy (non-hydrogen) atoms. The molecule has 0 aliphatic heterocycles. The van der Waals surface area contributed by atoms with Gasteiger partial charge in [-0.2, -0.15) is 0 Å². The van der Waals surface area contributed by atoms with Gasteiger partial charge in [0.25, 0.3) is 0 Å². The monoisotopic (exact) mass is 633 g/mol. The molecule has 0 fully saturated rings. The van der Waals surface area contributed by atoms with E-state index in [1.807, 2.05) is 0 Å². The number of carbonyl (C=O) groups is 6. The number of hydrogen-bond acceptors (Lipinski definition) is 12. The molecule has 0 bridgehead atoms. The molecule has 0 aliphatic rings. The first-order chi connectivity index (χ1) is 21.5. The fraction of sp³-hybridized carbons (Fsp3) is 0.400. The quantitative estimate of drug-likeness (QED) is 0.147. The third-order valence-corrected chi connectivity index (χ3v) is 6.10. The fourth-order valence-electron chi connectivity index (χ4n) is 3.94. The van der Waals surface area contributed by atoms with Crippen LogP contribution in [0, 0.1) is 20.8 Å². The van der Waals surface area contributed by atoms with Crippen LogP contribution in [-0.4, -0.2) is 92.9 Å². The summed E-state index contributed by atoms with van der Waals surface area (Å²) in [7, 11) is 4.31. The number of methoxy groups -OCH3 is 3. The van der Waals surface area contributed by atoms with Crippen molar-refractivity contribution in [2.24, 2.45) is 0 Å². The third kappa shape index (κ3) is 9.08. The summed E-state index contributed by atoms with van der Waals surface area (Å²) in [6.45, 7) is 11.0. The molecule has 15 nitrogen and oxygen atoms in total. The molecule has 3 rings (SSSR count). The van der Waals surface area contributed by atoms with Crippen molar-refractivity contribution in [1.29, 1.82) is 0 Å². The van der Waals surface area contributed by atoms with E-state index < -0.39 is 17.9 Å². The van der Waals surface area contributed by atoms with Crippen molar-refractivity contribution in [3.63, 3.8) is 0 Å². The summed E-state index contributed by atoms with van der Waals surface area (Å²) in [6, 6.07) is 0. The summed E-state index contributed by atoms with van der Waals surface area (Å²) in [5.74, 6) is -0.497. The number of aromatic amines is 3. The Morgan fingerprint density at radius 2 is 0.733 bits per heavy atom. The molecule has 0 atom stereocenters. The lowest BCUT2D eigenvalue weighted by Crippen LogP contribution is -2.06. The molecule has 3 heterocycles. The molecular weight excluding hydrogens is 594 g/mol. The molecule has 0 unspecified atom stereocenters. The minimum Gasteiger partial charge on any atom is -0.494 e. The number of aldehydes is 3. The minimum atomic E-state index is -0.523. The molecule has 0 spiro atoms. The molecule has 0 aliphatic carbocycles. The maximum Gasteiger partial charge on any atom is 0.358 e. The van der Waals surface area contributed by atoms with Crippen LogP contribution >= 0.6 is 0 Å². The highest BCUT2D eigenvalue weighted by Crippen LogP contribution is 2.28. The van der Waals surface area contributed by atoms with Crippen LogP contribution in [0.3, 0.4) is 0 Å². The van der Waals surface area contributed by atoms with Gasteiger partial charge in [-0.15, -0.1) is 0 Å². The van der Waals surface area contributed by atoms with E-state index in [0.29, 0.717) is 69.9 Å². The van der Waals surface area contributed by atoms with E-state index >= 15 is 0 Å². The van der Waals surface area contributed by atoms with Crippen LogP contribution < -0.4 is 14.2 Å². The summed E-state index contributed by atoms with van der Waals surface area (Å²) in [4.78, 5) is 74.3. The first-order valence-corrected chi connectivity index (χ1v) is 13.6. The van der Waals surface area contributed by atoms with Gasteiger partial charge in [0.2, 0.25) is 0 Å². The van der Waals surface area contributed by atoms with Gasteiger partial charge < -0.3 is 43.4 Å². The van der Waals surface area contributed by atoms with E-state index in [-0.39, 0.29) is 36.9 Å². The number of hydrogen-bond donors (Lipinski definition) is 3. The lowest BCUT2D eigenvalue weighted by molar-refractivity contribution is 0.0506. The number of nitrogens with one attached hydrogen (secondary N) is 3. The van der Waals surface area contributed by atoms with Gasteiger partial charge in [0, 0.05) is 16.7 Å². The minimum absolute atomic E-state index is 0.180. The van der Waals surface area contributed by atoms with Gasteiger partial charge in [0.1, 0.15) is 0 Å². The van der Waals surface area contributed by atoms with Crippen LogP contribution in [0.4, 0.5) is 0 Å². The second kappa shape index (κ2) is 18.4. The normalized spacial score (nSPS) is 9.80. The molecule has 15 heteroatoms. The van der Waals surface area contributed by atoms with Crippen molar-refractivity contribution in [1.82, 2.24) is 15.0 Å². The average Bonchev–Trinajstić information content (AvgIpc) is 3.66. The highest BCUT2D eigenvalue weighted by Gasteiger charge is 2.23. The summed E-state index contributed by atoms with van der Waals surface area (Å²) < 4.78 is 29.6. The van der Waals surface area contributed by atoms with Crippen molar-refractivity contribution in [3.05, 3.63) is 50.9 Å². The summed E-state index contributed by atoms with van der Waals surface area (Å²) >= 11 is 0. The molecule has 246 valence electrons. The largest absolute Gasteiger partial charge is 0.494 e. The fourth-order valence-corrected chi connectivity index (χ4v) is 3.94. The molecular formula is C30H39N3O12. The van der Waals surface area contributed by atoms with Crippen molar-refractivity contribution in [2.45, 2.75) is 41.5 Å². The highest BCUT2D eigenvalue weighted by molar-refractivity contribution is 5.95. The predicted molar refractivity (Wildman–Crippen MR) is 160 cm³/mol. The third-order valence-electron chi connectivity index (χ3n) is 6.10. The lowest BCUT2D eigenvalue weighted by atomic mass is 10.2. The van der Waals surface area contributed by atoms with Crippen LogP contribution in [0.5, 0.6) is 17.2 Å². The summed E-state index contributed by atoms with van der Waals surface area (Å²) in [6.07, 6.45) is 1.92. The second-order valence-electron chi connectivity index (χ2n) is 8.73. The van der Waals surface area contributed by atoms with Crippen molar-refractivity contribution in [2.75, 3.05) is 41.2 Å². The van der Waals surface area contributed by atoms with Crippen molar-refractivity contribution >= 4 is 36.8 Å². The Morgan fingerprint density at radius 3 is 0.889 bits per heavy atom. The first-order valence-electron chi connectivity index (χ1n) is 13.6. The Kier molecular flexibility index (Phi) is 15.4. The molecule has 0 amide bonds. The SMILES string of the molecule is CCOC(=O)c1[nH]c(C=O)c(C)c1OC.CCOC(=O)c1[nH]c(C=O)c(C)c1OC.CCOC(=O)c1[nH]c(C=O)c(C)c1OC. The number of carbonyl (C=O) groups excluding carboxylic acids is 6. The smallest absolute Gasteiger partial charge is 0.358 e. The number of aromatic nitrogens is 3. The van der Waals surface area contributed by atoms with Gasteiger partial charge in [-0.1, -0.05) is 0 Å². The Bertz CT molecular complexity index is 1320. The highest BCUT2D eigenvalue weighted by atomic mass is 16.5. The van der Waals surface area contributed by atoms with Gasteiger partial charge in [-0.25, -0.2) is 14.4 Å². The average molecular weight is 634 g/mol. The zero-order chi connectivity index (χ0) is 34.3. The maximum atomic E-state index is 11.5. The molecule has 0 aromatic carbocycles. The number of rotatable bonds is 12. The Balaban J connectivity index is 0.000000337. The lowest BCUT2D eigenvalue weighted by Gasteiger charge is -2.02. The van der Waals surface area contributed by atoms with Gasteiger partial charge in [-0.3, -0.25) is 14.4 Å². The summed E-state index contributed by atoms with van der Waals surface area (Å²) in [5, 5.41) is 0. The molecule has 3 N–H and O–H groups in total. The van der Waals surface area contributed by atoms with Gasteiger partial charge in [0.05, 0.1) is 58.2 Å². The van der Waals surface area contributed by atoms with Gasteiger partial charge in [0.15, 0.2) is 53.2 Å². The molecule has 3 aromatic heterocycles. The van der Waals surface area contributed by atoms with Crippen molar-refractivity contribution < 1.29 is 57.2 Å². The second-order valence-corrected chi connectivity index (χ2v) is 8.73.